The number of aromatic amines is 1. The Morgan fingerprint density at radius 2 is 1.84 bits per heavy atom. The molecule has 0 spiro atoms. The fraction of sp³-hybridized carbons (Fsp3) is 0.118. The van der Waals surface area contributed by atoms with Crippen molar-refractivity contribution in [2.75, 3.05) is 5.32 Å². The molecule has 3 aromatic rings. The van der Waals surface area contributed by atoms with Gasteiger partial charge >= 0.3 is 0 Å². The van der Waals surface area contributed by atoms with Gasteiger partial charge < -0.3 is 5.32 Å². The Balaban J connectivity index is 1.64. The van der Waals surface area contributed by atoms with Gasteiger partial charge in [-0.25, -0.2) is 4.98 Å². The number of halogens is 2. The van der Waals surface area contributed by atoms with Crippen LogP contribution in [0.5, 0.6) is 0 Å². The van der Waals surface area contributed by atoms with Crippen LogP contribution in [0.25, 0.3) is 11.4 Å². The van der Waals surface area contributed by atoms with Crippen molar-refractivity contribution in [1.82, 2.24) is 15.2 Å². The number of amides is 1. The normalized spacial score (nSPS) is 12.0. The second-order valence-corrected chi connectivity index (χ2v) is 7.42. The second-order valence-electron chi connectivity index (χ2n) is 5.24. The molecule has 0 aliphatic rings. The molecule has 3 rings (SSSR count). The van der Waals surface area contributed by atoms with Gasteiger partial charge in [0.25, 0.3) is 0 Å². The Morgan fingerprint density at radius 1 is 1.16 bits per heavy atom. The molecule has 2 N–H and O–H groups in total. The van der Waals surface area contributed by atoms with E-state index in [-0.39, 0.29) is 5.91 Å². The summed E-state index contributed by atoms with van der Waals surface area (Å²) in [6.45, 7) is 1.78. The number of anilines is 1. The molecule has 1 atom stereocenters. The summed E-state index contributed by atoms with van der Waals surface area (Å²) in [4.78, 5) is 16.7. The molecule has 0 saturated carbocycles. The Bertz CT molecular complexity index is 865. The first kappa shape index (κ1) is 17.8. The van der Waals surface area contributed by atoms with E-state index in [4.69, 9.17) is 23.2 Å². The lowest BCUT2D eigenvalue weighted by Gasteiger charge is -2.10. The minimum atomic E-state index is -0.391. The molecule has 2 aromatic carbocycles. The molecule has 0 aliphatic heterocycles. The van der Waals surface area contributed by atoms with E-state index in [1.165, 1.54) is 11.8 Å². The van der Waals surface area contributed by atoms with Crippen molar-refractivity contribution in [3.8, 4) is 11.4 Å². The van der Waals surface area contributed by atoms with Crippen molar-refractivity contribution in [3.05, 3.63) is 58.6 Å². The zero-order valence-corrected chi connectivity index (χ0v) is 15.5. The highest BCUT2D eigenvalue weighted by Gasteiger charge is 2.18. The third kappa shape index (κ3) is 4.75. The molecule has 1 aromatic heterocycles. The number of thioether (sulfide) groups is 1. The Hall–Kier alpha value is -2.02. The molecule has 25 heavy (non-hydrogen) atoms. The monoisotopic (exact) mass is 392 g/mol. The first-order valence-corrected chi connectivity index (χ1v) is 9.06. The van der Waals surface area contributed by atoms with E-state index in [0.29, 0.717) is 26.7 Å². The number of nitrogens with one attached hydrogen (secondary N) is 2. The summed E-state index contributed by atoms with van der Waals surface area (Å²) >= 11 is 13.1. The van der Waals surface area contributed by atoms with E-state index in [1.807, 2.05) is 30.3 Å². The zero-order valence-electron chi connectivity index (χ0n) is 13.2. The fourth-order valence-electron chi connectivity index (χ4n) is 2.11. The summed E-state index contributed by atoms with van der Waals surface area (Å²) in [5.74, 6) is 0.478. The first-order valence-electron chi connectivity index (χ1n) is 7.43. The summed E-state index contributed by atoms with van der Waals surface area (Å²) in [5, 5.41) is 10.9. The second kappa shape index (κ2) is 7.91. The minimum absolute atomic E-state index is 0.186. The van der Waals surface area contributed by atoms with E-state index >= 15 is 0 Å². The highest BCUT2D eigenvalue weighted by molar-refractivity contribution is 8.00. The smallest absolute Gasteiger partial charge is 0.237 e. The van der Waals surface area contributed by atoms with Crippen LogP contribution < -0.4 is 5.32 Å². The lowest BCUT2D eigenvalue weighted by Crippen LogP contribution is -2.22. The number of carbonyl (C=O) groups excluding carboxylic acids is 1. The minimum Gasteiger partial charge on any atom is -0.325 e. The number of benzene rings is 2. The molecular weight excluding hydrogens is 379 g/mol. The SMILES string of the molecule is C[C@@H](Sc1n[nH]c(-c2ccccc2)n1)C(=O)Nc1cc(Cl)cc(Cl)c1. The van der Waals surface area contributed by atoms with E-state index in [9.17, 15) is 4.79 Å². The summed E-state index contributed by atoms with van der Waals surface area (Å²) in [7, 11) is 0. The summed E-state index contributed by atoms with van der Waals surface area (Å²) in [6.07, 6.45) is 0. The molecule has 0 unspecified atom stereocenters. The highest BCUT2D eigenvalue weighted by Crippen LogP contribution is 2.25. The van der Waals surface area contributed by atoms with Crippen molar-refractivity contribution < 1.29 is 4.79 Å². The third-order valence-electron chi connectivity index (χ3n) is 3.29. The Labute approximate surface area is 159 Å². The van der Waals surface area contributed by atoms with Crippen LogP contribution in [0.3, 0.4) is 0 Å². The van der Waals surface area contributed by atoms with E-state index in [1.54, 1.807) is 25.1 Å². The fourth-order valence-corrected chi connectivity index (χ4v) is 3.36. The van der Waals surface area contributed by atoms with Crippen molar-refractivity contribution in [2.24, 2.45) is 0 Å². The molecule has 5 nitrogen and oxygen atoms in total. The van der Waals surface area contributed by atoms with Crippen LogP contribution in [0, 0.1) is 0 Å². The van der Waals surface area contributed by atoms with Gasteiger partial charge in [-0.2, -0.15) is 0 Å². The number of rotatable bonds is 5. The van der Waals surface area contributed by atoms with E-state index in [0.717, 1.165) is 5.56 Å². The van der Waals surface area contributed by atoms with Gasteiger partial charge in [0.15, 0.2) is 5.82 Å². The average Bonchev–Trinajstić information content (AvgIpc) is 3.03. The molecule has 0 bridgehead atoms. The molecule has 1 amide bonds. The maximum absolute atomic E-state index is 12.3. The zero-order chi connectivity index (χ0) is 17.8. The topological polar surface area (TPSA) is 70.7 Å². The van der Waals surface area contributed by atoms with Gasteiger partial charge in [0.2, 0.25) is 11.1 Å². The molecule has 0 aliphatic carbocycles. The number of aromatic nitrogens is 3. The molecule has 0 radical (unpaired) electrons. The summed E-state index contributed by atoms with van der Waals surface area (Å²) < 4.78 is 0. The summed E-state index contributed by atoms with van der Waals surface area (Å²) in [5.41, 5.74) is 1.49. The molecule has 128 valence electrons. The van der Waals surface area contributed by atoms with Crippen molar-refractivity contribution in [2.45, 2.75) is 17.3 Å². The van der Waals surface area contributed by atoms with Gasteiger partial charge in [-0.05, 0) is 25.1 Å². The van der Waals surface area contributed by atoms with Crippen LogP contribution in [-0.2, 0) is 4.79 Å². The van der Waals surface area contributed by atoms with Gasteiger partial charge in [-0.1, -0.05) is 65.3 Å². The quantitative estimate of drug-likeness (QED) is 0.605. The molecule has 8 heteroatoms. The van der Waals surface area contributed by atoms with Crippen LogP contribution >= 0.6 is 35.0 Å². The predicted octanol–water partition coefficient (Wildman–Crippen LogP) is 4.90. The Kier molecular flexibility index (Phi) is 5.63. The highest BCUT2D eigenvalue weighted by atomic mass is 35.5. The lowest BCUT2D eigenvalue weighted by atomic mass is 10.2. The number of carbonyl (C=O) groups is 1. The van der Waals surface area contributed by atoms with Crippen LogP contribution in [0.4, 0.5) is 5.69 Å². The summed E-state index contributed by atoms with van der Waals surface area (Å²) in [6, 6.07) is 14.6. The number of H-pyrrole nitrogens is 1. The standard InChI is InChI=1S/C17H14Cl2N4OS/c1-10(16(24)20-14-8-12(18)7-13(19)9-14)25-17-21-15(22-23-17)11-5-3-2-4-6-11/h2-10H,1H3,(H,20,24)(H,21,22,23)/t10-/m1/s1. The lowest BCUT2D eigenvalue weighted by molar-refractivity contribution is -0.115. The van der Waals surface area contributed by atoms with Crippen molar-refractivity contribution in [1.29, 1.82) is 0 Å². The first-order chi connectivity index (χ1) is 12.0. The average molecular weight is 393 g/mol. The van der Waals surface area contributed by atoms with E-state index < -0.39 is 5.25 Å². The van der Waals surface area contributed by atoms with E-state index in [2.05, 4.69) is 20.5 Å². The molecule has 0 fully saturated rings. The molecular formula is C17H14Cl2N4OS. The van der Waals surface area contributed by atoms with Crippen LogP contribution in [0.1, 0.15) is 6.92 Å². The van der Waals surface area contributed by atoms with Crippen LogP contribution in [0.2, 0.25) is 10.0 Å². The maximum atomic E-state index is 12.3. The van der Waals surface area contributed by atoms with Gasteiger partial charge in [0.05, 0.1) is 5.25 Å². The molecule has 1 heterocycles. The van der Waals surface area contributed by atoms with Gasteiger partial charge in [-0.3, -0.25) is 9.89 Å². The van der Waals surface area contributed by atoms with Gasteiger partial charge in [0, 0.05) is 21.3 Å². The van der Waals surface area contributed by atoms with Crippen LogP contribution in [0.15, 0.2) is 53.7 Å². The van der Waals surface area contributed by atoms with Crippen LogP contribution in [-0.4, -0.2) is 26.3 Å². The van der Waals surface area contributed by atoms with Crippen molar-refractivity contribution >= 4 is 46.6 Å². The number of nitrogens with zero attached hydrogens (tertiary/aromatic N) is 2. The number of hydrogen-bond acceptors (Lipinski definition) is 4. The predicted molar refractivity (Wildman–Crippen MR) is 102 cm³/mol. The van der Waals surface area contributed by atoms with Crippen molar-refractivity contribution in [3.63, 3.8) is 0 Å². The largest absolute Gasteiger partial charge is 0.325 e. The van der Waals surface area contributed by atoms with Gasteiger partial charge in [0.1, 0.15) is 0 Å². The number of hydrogen-bond donors (Lipinski definition) is 2. The Morgan fingerprint density at radius 3 is 2.52 bits per heavy atom. The third-order valence-corrected chi connectivity index (χ3v) is 4.69. The molecule has 0 saturated heterocycles. The van der Waals surface area contributed by atoms with Gasteiger partial charge in [-0.15, -0.1) is 5.10 Å². The maximum Gasteiger partial charge on any atom is 0.237 e.